The molecule has 0 unspecified atom stereocenters. The highest BCUT2D eigenvalue weighted by atomic mass is 79.9. The Morgan fingerprint density at radius 3 is 2.71 bits per heavy atom. The minimum atomic E-state index is -0.270. The summed E-state index contributed by atoms with van der Waals surface area (Å²) in [6.07, 6.45) is 1.95. The van der Waals surface area contributed by atoms with Crippen LogP contribution in [0.4, 0.5) is 4.39 Å². The average molecular weight is 304 g/mol. The van der Waals surface area contributed by atoms with Crippen LogP contribution in [-0.2, 0) is 0 Å². The highest BCUT2D eigenvalue weighted by molar-refractivity contribution is 9.10. The van der Waals surface area contributed by atoms with Crippen molar-refractivity contribution >= 4 is 15.9 Å². The Labute approximate surface area is 110 Å². The van der Waals surface area contributed by atoms with Gasteiger partial charge >= 0.3 is 0 Å². The highest BCUT2D eigenvalue weighted by Gasteiger charge is 2.14. The molecule has 2 nitrogen and oxygen atoms in total. The summed E-state index contributed by atoms with van der Waals surface area (Å²) in [7, 11) is 0. The Kier molecular flexibility index (Phi) is 5.40. The van der Waals surface area contributed by atoms with Crippen molar-refractivity contribution in [2.75, 3.05) is 13.2 Å². The Hall–Kier alpha value is -0.610. The Balaban J connectivity index is 2.36. The molecular weight excluding hydrogens is 285 g/mol. The summed E-state index contributed by atoms with van der Waals surface area (Å²) < 4.78 is 19.1. The van der Waals surface area contributed by atoms with Crippen LogP contribution in [0.25, 0.3) is 0 Å². The molecule has 0 bridgehead atoms. The second kappa shape index (κ2) is 6.36. The molecule has 0 fully saturated rings. The number of hydrogen-bond donors (Lipinski definition) is 1. The maximum absolute atomic E-state index is 12.8. The summed E-state index contributed by atoms with van der Waals surface area (Å²) in [4.78, 5) is 0. The summed E-state index contributed by atoms with van der Waals surface area (Å²) in [6.45, 7) is 5.57. The minimum absolute atomic E-state index is 0.156. The van der Waals surface area contributed by atoms with Gasteiger partial charge in [0, 0.05) is 0 Å². The molecule has 2 N–H and O–H groups in total. The lowest BCUT2D eigenvalue weighted by Gasteiger charge is -2.22. The summed E-state index contributed by atoms with van der Waals surface area (Å²) in [5.41, 5.74) is 5.81. The van der Waals surface area contributed by atoms with Crippen molar-refractivity contribution in [2.24, 2.45) is 11.1 Å². The van der Waals surface area contributed by atoms with E-state index in [1.165, 1.54) is 12.1 Å². The van der Waals surface area contributed by atoms with Gasteiger partial charge in [-0.15, -0.1) is 0 Å². The quantitative estimate of drug-likeness (QED) is 0.813. The van der Waals surface area contributed by atoms with E-state index in [-0.39, 0.29) is 11.2 Å². The predicted molar refractivity (Wildman–Crippen MR) is 71.7 cm³/mol. The summed E-state index contributed by atoms with van der Waals surface area (Å²) in [5.74, 6) is 0.408. The third-order valence-electron chi connectivity index (χ3n) is 2.70. The van der Waals surface area contributed by atoms with Gasteiger partial charge in [-0.1, -0.05) is 13.8 Å². The van der Waals surface area contributed by atoms with Gasteiger partial charge in [0.25, 0.3) is 0 Å². The van der Waals surface area contributed by atoms with E-state index in [1.807, 2.05) is 0 Å². The number of ether oxygens (including phenoxy) is 1. The van der Waals surface area contributed by atoms with Crippen molar-refractivity contribution in [3.05, 3.63) is 28.5 Å². The molecule has 0 saturated heterocycles. The first-order valence-electron chi connectivity index (χ1n) is 5.72. The summed E-state index contributed by atoms with van der Waals surface area (Å²) >= 11 is 3.27. The second-order valence-corrected chi connectivity index (χ2v) is 5.75. The van der Waals surface area contributed by atoms with Gasteiger partial charge in [-0.05, 0) is 58.9 Å². The van der Waals surface area contributed by atoms with Crippen molar-refractivity contribution in [3.63, 3.8) is 0 Å². The van der Waals surface area contributed by atoms with Gasteiger partial charge < -0.3 is 10.5 Å². The largest absolute Gasteiger partial charge is 0.492 e. The van der Waals surface area contributed by atoms with Crippen LogP contribution in [0.3, 0.4) is 0 Å². The van der Waals surface area contributed by atoms with Gasteiger partial charge in [0.2, 0.25) is 0 Å². The number of nitrogens with two attached hydrogens (primary N) is 1. The number of hydrogen-bond acceptors (Lipinski definition) is 2. The normalized spacial score (nSPS) is 11.6. The molecule has 1 rings (SSSR count). The van der Waals surface area contributed by atoms with E-state index in [1.54, 1.807) is 6.07 Å². The predicted octanol–water partition coefficient (Wildman–Crippen LogP) is 3.73. The number of halogens is 2. The van der Waals surface area contributed by atoms with Crippen LogP contribution in [0.5, 0.6) is 5.75 Å². The zero-order chi connectivity index (χ0) is 12.9. The maximum Gasteiger partial charge on any atom is 0.133 e. The zero-order valence-corrected chi connectivity index (χ0v) is 11.9. The fourth-order valence-electron chi connectivity index (χ4n) is 1.43. The first-order valence-corrected chi connectivity index (χ1v) is 6.52. The second-order valence-electron chi connectivity index (χ2n) is 4.90. The topological polar surface area (TPSA) is 35.2 Å². The fraction of sp³-hybridized carbons (Fsp3) is 0.538. The van der Waals surface area contributed by atoms with Crippen molar-refractivity contribution in [1.29, 1.82) is 0 Å². The van der Waals surface area contributed by atoms with Crippen LogP contribution >= 0.6 is 15.9 Å². The van der Waals surface area contributed by atoms with Crippen LogP contribution in [0, 0.1) is 11.2 Å². The van der Waals surface area contributed by atoms with Gasteiger partial charge in [-0.2, -0.15) is 0 Å². The molecule has 0 spiro atoms. The van der Waals surface area contributed by atoms with E-state index >= 15 is 0 Å². The molecule has 0 heterocycles. The lowest BCUT2D eigenvalue weighted by molar-refractivity contribution is 0.260. The van der Waals surface area contributed by atoms with Gasteiger partial charge in [0.05, 0.1) is 11.1 Å². The molecule has 0 amide bonds. The monoisotopic (exact) mass is 303 g/mol. The van der Waals surface area contributed by atoms with Crippen molar-refractivity contribution in [1.82, 2.24) is 0 Å². The molecule has 1 aromatic rings. The molecule has 96 valence electrons. The Morgan fingerprint density at radius 2 is 2.12 bits per heavy atom. The van der Waals surface area contributed by atoms with Gasteiger partial charge in [-0.3, -0.25) is 0 Å². The van der Waals surface area contributed by atoms with E-state index in [0.29, 0.717) is 23.4 Å². The van der Waals surface area contributed by atoms with Crippen molar-refractivity contribution in [2.45, 2.75) is 26.7 Å². The summed E-state index contributed by atoms with van der Waals surface area (Å²) in [6, 6.07) is 4.43. The maximum atomic E-state index is 12.8. The van der Waals surface area contributed by atoms with Gasteiger partial charge in [0.1, 0.15) is 11.6 Å². The molecule has 0 aliphatic rings. The first kappa shape index (κ1) is 14.5. The van der Waals surface area contributed by atoms with Gasteiger partial charge in [0.15, 0.2) is 0 Å². The molecule has 4 heteroatoms. The van der Waals surface area contributed by atoms with Crippen molar-refractivity contribution < 1.29 is 9.13 Å². The smallest absolute Gasteiger partial charge is 0.133 e. The molecule has 0 atom stereocenters. The average Bonchev–Trinajstić information content (AvgIpc) is 2.27. The lowest BCUT2D eigenvalue weighted by atomic mass is 9.88. The molecule has 0 aromatic heterocycles. The van der Waals surface area contributed by atoms with E-state index < -0.39 is 0 Å². The molecule has 0 aliphatic heterocycles. The van der Waals surface area contributed by atoms with Crippen molar-refractivity contribution in [3.8, 4) is 5.75 Å². The number of benzene rings is 1. The standard InChI is InChI=1S/C13H19BrFNO/c1-13(2,9-16)6-3-7-17-12-5-4-10(15)8-11(12)14/h4-5,8H,3,6-7,9,16H2,1-2H3. The molecule has 1 aromatic carbocycles. The van der Waals surface area contributed by atoms with E-state index in [4.69, 9.17) is 10.5 Å². The third-order valence-corrected chi connectivity index (χ3v) is 3.32. The lowest BCUT2D eigenvalue weighted by Crippen LogP contribution is -2.23. The van der Waals surface area contributed by atoms with E-state index in [9.17, 15) is 4.39 Å². The first-order chi connectivity index (χ1) is 7.94. The SMILES string of the molecule is CC(C)(CN)CCCOc1ccc(F)cc1Br. The molecule has 0 aliphatic carbocycles. The highest BCUT2D eigenvalue weighted by Crippen LogP contribution is 2.26. The molecular formula is C13H19BrFNO. The van der Waals surface area contributed by atoms with Crippen LogP contribution < -0.4 is 10.5 Å². The number of rotatable bonds is 6. The van der Waals surface area contributed by atoms with Crippen LogP contribution in [0.2, 0.25) is 0 Å². The fourth-order valence-corrected chi connectivity index (χ4v) is 1.89. The zero-order valence-electron chi connectivity index (χ0n) is 10.3. The van der Waals surface area contributed by atoms with Gasteiger partial charge in [-0.25, -0.2) is 4.39 Å². The Bertz CT molecular complexity index is 368. The van der Waals surface area contributed by atoms with Crippen LogP contribution in [0.15, 0.2) is 22.7 Å². The van der Waals surface area contributed by atoms with E-state index in [0.717, 1.165) is 12.8 Å². The van der Waals surface area contributed by atoms with Crippen LogP contribution in [0.1, 0.15) is 26.7 Å². The molecule has 0 saturated carbocycles. The molecule has 17 heavy (non-hydrogen) atoms. The van der Waals surface area contributed by atoms with Crippen LogP contribution in [-0.4, -0.2) is 13.2 Å². The summed E-state index contributed by atoms with van der Waals surface area (Å²) in [5, 5.41) is 0. The molecule has 0 radical (unpaired) electrons. The Morgan fingerprint density at radius 1 is 1.41 bits per heavy atom. The van der Waals surface area contributed by atoms with E-state index in [2.05, 4.69) is 29.8 Å². The third kappa shape index (κ3) is 5.04. The minimum Gasteiger partial charge on any atom is -0.492 e.